The Morgan fingerprint density at radius 2 is 1.64 bits per heavy atom. The third kappa shape index (κ3) is 5.42. The van der Waals surface area contributed by atoms with Gasteiger partial charge in [-0.05, 0) is 58.4 Å². The van der Waals surface area contributed by atoms with Gasteiger partial charge in [0.1, 0.15) is 9.88 Å². The van der Waals surface area contributed by atoms with E-state index < -0.39 is 17.8 Å². The molecule has 0 fully saturated rings. The lowest BCUT2D eigenvalue weighted by Crippen LogP contribution is -2.17. The van der Waals surface area contributed by atoms with Crippen molar-refractivity contribution in [2.45, 2.75) is 46.8 Å². The predicted octanol–water partition coefficient (Wildman–Crippen LogP) is 5.20. The van der Waals surface area contributed by atoms with Crippen LogP contribution in [0.3, 0.4) is 0 Å². The van der Waals surface area contributed by atoms with Crippen molar-refractivity contribution < 1.29 is 23.9 Å². The highest BCUT2D eigenvalue weighted by Crippen LogP contribution is 2.35. The molecule has 0 aliphatic carbocycles. The van der Waals surface area contributed by atoms with Gasteiger partial charge in [-0.25, -0.2) is 9.59 Å². The first kappa shape index (κ1) is 22.1. The summed E-state index contributed by atoms with van der Waals surface area (Å²) < 4.78 is 11.3. The van der Waals surface area contributed by atoms with E-state index >= 15 is 0 Å². The second-order valence-electron chi connectivity index (χ2n) is 6.63. The summed E-state index contributed by atoms with van der Waals surface area (Å²) >= 11 is 4.33. The largest absolute Gasteiger partial charge is 0.459 e. The molecule has 1 aromatic heterocycles. The lowest BCUT2D eigenvalue weighted by atomic mass is 10.1. The first-order valence-corrected chi connectivity index (χ1v) is 10.3. The molecule has 1 heterocycles. The second kappa shape index (κ2) is 9.34. The van der Waals surface area contributed by atoms with Crippen LogP contribution in [0.5, 0.6) is 0 Å². The highest BCUT2D eigenvalue weighted by molar-refractivity contribution is 9.10. The molecule has 0 atom stereocenters. The van der Waals surface area contributed by atoms with Crippen LogP contribution in [0.15, 0.2) is 28.7 Å². The number of hydrogen-bond donors (Lipinski definition) is 1. The van der Waals surface area contributed by atoms with Crippen molar-refractivity contribution in [3.63, 3.8) is 0 Å². The summed E-state index contributed by atoms with van der Waals surface area (Å²) in [7, 11) is 0. The van der Waals surface area contributed by atoms with Crippen molar-refractivity contribution in [3.8, 4) is 0 Å². The third-order valence-corrected chi connectivity index (χ3v) is 5.22. The monoisotopic (exact) mass is 467 g/mol. The number of hydrogen-bond acceptors (Lipinski definition) is 6. The van der Waals surface area contributed by atoms with Crippen LogP contribution >= 0.6 is 27.3 Å². The van der Waals surface area contributed by atoms with Gasteiger partial charge in [-0.1, -0.05) is 22.0 Å². The van der Waals surface area contributed by atoms with E-state index in [2.05, 4.69) is 21.2 Å². The van der Waals surface area contributed by atoms with Gasteiger partial charge in [0.05, 0.1) is 17.8 Å². The molecule has 150 valence electrons. The zero-order valence-electron chi connectivity index (χ0n) is 16.3. The van der Waals surface area contributed by atoms with E-state index in [1.165, 1.54) is 0 Å². The van der Waals surface area contributed by atoms with E-state index in [-0.39, 0.29) is 27.6 Å². The smallest absolute Gasteiger partial charge is 0.348 e. The maximum Gasteiger partial charge on any atom is 0.348 e. The second-order valence-corrected chi connectivity index (χ2v) is 8.57. The average molecular weight is 468 g/mol. The first-order valence-electron chi connectivity index (χ1n) is 8.72. The number of ether oxygens (including phenoxy) is 2. The minimum absolute atomic E-state index is 0.165. The van der Waals surface area contributed by atoms with Crippen LogP contribution in [0.2, 0.25) is 0 Å². The Morgan fingerprint density at radius 3 is 2.21 bits per heavy atom. The molecule has 2 aromatic rings. The Kier molecular flexibility index (Phi) is 7.37. The molecule has 0 bridgehead atoms. The maximum absolute atomic E-state index is 12.6. The Balaban J connectivity index is 2.44. The van der Waals surface area contributed by atoms with Crippen molar-refractivity contribution in [1.82, 2.24) is 0 Å². The van der Waals surface area contributed by atoms with Gasteiger partial charge in [0, 0.05) is 10.0 Å². The highest BCUT2D eigenvalue weighted by atomic mass is 79.9. The van der Waals surface area contributed by atoms with Gasteiger partial charge in [-0.3, -0.25) is 4.79 Å². The Labute approximate surface area is 176 Å². The molecule has 28 heavy (non-hydrogen) atoms. The molecule has 0 saturated heterocycles. The summed E-state index contributed by atoms with van der Waals surface area (Å²) in [4.78, 5) is 37.9. The summed E-state index contributed by atoms with van der Waals surface area (Å²) in [5.74, 6) is -1.54. The van der Waals surface area contributed by atoms with Gasteiger partial charge in [0.2, 0.25) is 0 Å². The lowest BCUT2D eigenvalue weighted by Gasteiger charge is -2.10. The maximum atomic E-state index is 12.6. The van der Waals surface area contributed by atoms with E-state index in [0.29, 0.717) is 11.1 Å². The van der Waals surface area contributed by atoms with Crippen LogP contribution in [0.25, 0.3) is 0 Å². The first-order chi connectivity index (χ1) is 13.1. The van der Waals surface area contributed by atoms with E-state index in [0.717, 1.165) is 15.8 Å². The number of esters is 2. The van der Waals surface area contributed by atoms with Gasteiger partial charge in [-0.2, -0.15) is 0 Å². The predicted molar refractivity (Wildman–Crippen MR) is 112 cm³/mol. The van der Waals surface area contributed by atoms with Gasteiger partial charge in [0.15, 0.2) is 0 Å². The zero-order valence-corrected chi connectivity index (χ0v) is 18.7. The Hall–Kier alpha value is -2.19. The molecule has 0 saturated carbocycles. The summed E-state index contributed by atoms with van der Waals surface area (Å²) in [5, 5.41) is 2.98. The van der Waals surface area contributed by atoms with E-state index in [1.54, 1.807) is 58.9 Å². The van der Waals surface area contributed by atoms with Crippen molar-refractivity contribution in [2.24, 2.45) is 0 Å². The molecule has 1 N–H and O–H groups in total. The van der Waals surface area contributed by atoms with Crippen molar-refractivity contribution in [1.29, 1.82) is 0 Å². The molecule has 2 rings (SSSR count). The fraction of sp³-hybridized carbons (Fsp3) is 0.350. The van der Waals surface area contributed by atoms with Crippen LogP contribution in [-0.2, 0) is 9.47 Å². The molecule has 8 heteroatoms. The van der Waals surface area contributed by atoms with Crippen molar-refractivity contribution in [3.05, 3.63) is 50.3 Å². The summed E-state index contributed by atoms with van der Waals surface area (Å²) in [6, 6.07) is 6.85. The zero-order chi connectivity index (χ0) is 21.0. The summed E-state index contributed by atoms with van der Waals surface area (Å²) in [6.07, 6.45) is -0.647. The number of anilines is 1. The van der Waals surface area contributed by atoms with Gasteiger partial charge in [-0.15, -0.1) is 11.3 Å². The minimum Gasteiger partial charge on any atom is -0.459 e. The third-order valence-electron chi connectivity index (χ3n) is 3.54. The molecule has 0 aliphatic rings. The van der Waals surface area contributed by atoms with E-state index in [9.17, 15) is 14.4 Å². The fourth-order valence-electron chi connectivity index (χ4n) is 2.39. The van der Waals surface area contributed by atoms with Crippen LogP contribution in [0, 0.1) is 6.92 Å². The Morgan fingerprint density at radius 1 is 1.04 bits per heavy atom. The molecule has 0 unspecified atom stereocenters. The lowest BCUT2D eigenvalue weighted by molar-refractivity contribution is 0.0378. The van der Waals surface area contributed by atoms with Crippen LogP contribution in [0.4, 0.5) is 5.00 Å². The average Bonchev–Trinajstić information content (AvgIpc) is 2.90. The van der Waals surface area contributed by atoms with Crippen LogP contribution in [0.1, 0.15) is 63.6 Å². The van der Waals surface area contributed by atoms with Crippen LogP contribution < -0.4 is 5.32 Å². The quantitative estimate of drug-likeness (QED) is 0.590. The number of amides is 1. The van der Waals surface area contributed by atoms with E-state index in [4.69, 9.17) is 9.47 Å². The summed E-state index contributed by atoms with van der Waals surface area (Å²) in [5.41, 5.74) is 0.999. The minimum atomic E-state index is -0.600. The van der Waals surface area contributed by atoms with E-state index in [1.807, 2.05) is 0 Å². The normalized spacial score (nSPS) is 10.9. The molecular weight excluding hydrogens is 446 g/mol. The fourth-order valence-corrected chi connectivity index (χ4v) is 3.86. The molecular formula is C20H22BrNO5S. The number of benzene rings is 1. The van der Waals surface area contributed by atoms with Crippen molar-refractivity contribution in [2.75, 3.05) is 5.32 Å². The number of halogens is 1. The number of thiophene rings is 1. The van der Waals surface area contributed by atoms with Gasteiger partial charge >= 0.3 is 11.9 Å². The van der Waals surface area contributed by atoms with Gasteiger partial charge < -0.3 is 14.8 Å². The molecule has 0 spiro atoms. The topological polar surface area (TPSA) is 81.7 Å². The molecule has 1 amide bonds. The number of nitrogens with one attached hydrogen (secondary N) is 1. The number of carbonyl (C=O) groups is 3. The molecule has 0 radical (unpaired) electrons. The molecule has 0 aliphatic heterocycles. The Bertz CT molecular complexity index is 904. The van der Waals surface area contributed by atoms with Gasteiger partial charge in [0.25, 0.3) is 5.91 Å². The molecule has 6 nitrogen and oxygen atoms in total. The number of rotatable bonds is 6. The SMILES string of the molecule is Cc1c(C(=O)OC(C)C)sc(NC(=O)c2cccc(Br)c2)c1C(=O)OC(C)C. The number of carbonyl (C=O) groups excluding carboxylic acids is 3. The highest BCUT2D eigenvalue weighted by Gasteiger charge is 2.28. The van der Waals surface area contributed by atoms with Crippen molar-refractivity contribution >= 4 is 50.1 Å². The summed E-state index contributed by atoms with van der Waals surface area (Å²) in [6.45, 7) is 8.58. The van der Waals surface area contributed by atoms with Crippen LogP contribution in [-0.4, -0.2) is 30.1 Å². The molecule has 1 aromatic carbocycles. The standard InChI is InChI=1S/C20H22BrNO5S/c1-10(2)26-19(24)15-12(5)16(20(25)27-11(3)4)28-18(15)22-17(23)13-7-6-8-14(21)9-13/h6-11H,1-5H3,(H,22,23).